The molecule has 0 spiro atoms. The molecule has 0 aromatic heterocycles. The van der Waals surface area contributed by atoms with E-state index in [-0.39, 0.29) is 12.3 Å². The predicted molar refractivity (Wildman–Crippen MR) is 69.7 cm³/mol. The number of hydrogen-bond donors (Lipinski definition) is 1. The molecule has 0 saturated heterocycles. The van der Waals surface area contributed by atoms with E-state index in [0.29, 0.717) is 5.56 Å². The van der Waals surface area contributed by atoms with Crippen LogP contribution in [0.2, 0.25) is 0 Å². The maximum Gasteiger partial charge on any atom is 0.176 e. The number of methoxy groups -OCH3 is 2. The highest BCUT2D eigenvalue weighted by atomic mass is 79.9. The van der Waals surface area contributed by atoms with Gasteiger partial charge in [0.15, 0.2) is 6.29 Å². The van der Waals surface area contributed by atoms with Gasteiger partial charge in [0.2, 0.25) is 0 Å². The van der Waals surface area contributed by atoms with E-state index in [0.717, 1.165) is 10.2 Å². The molecule has 0 aliphatic heterocycles. The quantitative estimate of drug-likeness (QED) is 0.849. The average molecular weight is 299 g/mol. The molecular weight excluding hydrogens is 284 g/mol. The van der Waals surface area contributed by atoms with Crippen molar-refractivity contribution in [3.8, 4) is 6.07 Å². The Balaban J connectivity index is 2.76. The second-order valence-electron chi connectivity index (χ2n) is 3.58. The van der Waals surface area contributed by atoms with Crippen molar-refractivity contribution >= 4 is 21.6 Å². The summed E-state index contributed by atoms with van der Waals surface area (Å²) >= 11 is 3.34. The Kier molecular flexibility index (Phi) is 5.42. The largest absolute Gasteiger partial charge is 0.377 e. The molecule has 0 heterocycles. The zero-order valence-corrected chi connectivity index (χ0v) is 11.6. The van der Waals surface area contributed by atoms with E-state index in [1.54, 1.807) is 20.3 Å². The number of hydrogen-bond acceptors (Lipinski definition) is 4. The summed E-state index contributed by atoms with van der Waals surface area (Å²) in [5.41, 5.74) is 1.51. The molecule has 0 amide bonds. The third-order valence-corrected chi connectivity index (χ3v) is 3.01. The van der Waals surface area contributed by atoms with Crippen molar-refractivity contribution in [2.45, 2.75) is 19.3 Å². The number of nitriles is 1. The van der Waals surface area contributed by atoms with Crippen LogP contribution >= 0.6 is 15.9 Å². The number of anilines is 1. The number of halogens is 1. The first-order valence-electron chi connectivity index (χ1n) is 5.14. The highest BCUT2D eigenvalue weighted by Crippen LogP contribution is 2.21. The molecular formula is C12H15BrN2O2. The van der Waals surface area contributed by atoms with Gasteiger partial charge in [-0.3, -0.25) is 0 Å². The van der Waals surface area contributed by atoms with Crippen molar-refractivity contribution in [1.29, 1.82) is 5.26 Å². The van der Waals surface area contributed by atoms with Gasteiger partial charge in [0.25, 0.3) is 0 Å². The summed E-state index contributed by atoms with van der Waals surface area (Å²) < 4.78 is 11.1. The van der Waals surface area contributed by atoms with Gasteiger partial charge in [-0.2, -0.15) is 5.26 Å². The fourth-order valence-corrected chi connectivity index (χ4v) is 2.00. The van der Waals surface area contributed by atoms with Gasteiger partial charge < -0.3 is 14.8 Å². The lowest BCUT2D eigenvalue weighted by Gasteiger charge is -2.23. The van der Waals surface area contributed by atoms with E-state index in [9.17, 15) is 0 Å². The van der Waals surface area contributed by atoms with E-state index in [2.05, 4.69) is 27.3 Å². The minimum Gasteiger partial charge on any atom is -0.377 e. The third-order valence-electron chi connectivity index (χ3n) is 2.36. The minimum absolute atomic E-state index is 0.00448. The summed E-state index contributed by atoms with van der Waals surface area (Å²) in [6, 6.07) is 7.57. The summed E-state index contributed by atoms with van der Waals surface area (Å²) in [6.07, 6.45) is -0.315. The Hall–Kier alpha value is -1.09. The molecule has 0 radical (unpaired) electrons. The summed E-state index contributed by atoms with van der Waals surface area (Å²) in [4.78, 5) is 0. The molecule has 1 rings (SSSR count). The first-order chi connectivity index (χ1) is 8.12. The molecule has 0 fully saturated rings. The van der Waals surface area contributed by atoms with Crippen molar-refractivity contribution in [2.75, 3.05) is 19.5 Å². The molecule has 1 aromatic rings. The van der Waals surface area contributed by atoms with Gasteiger partial charge in [-0.05, 0) is 41.1 Å². The molecule has 17 heavy (non-hydrogen) atoms. The zero-order valence-electron chi connectivity index (χ0n) is 10.0. The van der Waals surface area contributed by atoms with Crippen LogP contribution in [0.4, 0.5) is 5.69 Å². The van der Waals surface area contributed by atoms with Gasteiger partial charge in [-0.1, -0.05) is 0 Å². The first-order valence-corrected chi connectivity index (χ1v) is 5.93. The van der Waals surface area contributed by atoms with Crippen molar-refractivity contribution < 1.29 is 9.47 Å². The maximum atomic E-state index is 8.82. The van der Waals surface area contributed by atoms with E-state index >= 15 is 0 Å². The Morgan fingerprint density at radius 2 is 2.00 bits per heavy atom. The monoisotopic (exact) mass is 298 g/mol. The molecule has 0 aliphatic rings. The van der Waals surface area contributed by atoms with Crippen LogP contribution in [-0.2, 0) is 9.47 Å². The lowest BCUT2D eigenvalue weighted by Crippen LogP contribution is -2.33. The van der Waals surface area contributed by atoms with Crippen molar-refractivity contribution in [2.24, 2.45) is 0 Å². The predicted octanol–water partition coefficient (Wildman–Crippen LogP) is 2.74. The number of ether oxygens (including phenoxy) is 2. The van der Waals surface area contributed by atoms with Crippen LogP contribution in [0.15, 0.2) is 22.7 Å². The highest BCUT2D eigenvalue weighted by molar-refractivity contribution is 9.10. The molecule has 4 nitrogen and oxygen atoms in total. The minimum atomic E-state index is -0.315. The van der Waals surface area contributed by atoms with Crippen LogP contribution in [0.25, 0.3) is 0 Å². The Morgan fingerprint density at radius 3 is 2.47 bits per heavy atom. The van der Waals surface area contributed by atoms with E-state index in [1.807, 2.05) is 19.1 Å². The second-order valence-corrected chi connectivity index (χ2v) is 4.43. The van der Waals surface area contributed by atoms with E-state index < -0.39 is 0 Å². The van der Waals surface area contributed by atoms with Gasteiger partial charge in [0.05, 0.1) is 11.6 Å². The van der Waals surface area contributed by atoms with Crippen LogP contribution < -0.4 is 5.32 Å². The van der Waals surface area contributed by atoms with Gasteiger partial charge >= 0.3 is 0 Å². The molecule has 5 heteroatoms. The van der Waals surface area contributed by atoms with Crippen molar-refractivity contribution in [3.63, 3.8) is 0 Å². The van der Waals surface area contributed by atoms with E-state index in [4.69, 9.17) is 14.7 Å². The Bertz CT molecular complexity index is 413. The third kappa shape index (κ3) is 3.70. The highest BCUT2D eigenvalue weighted by Gasteiger charge is 2.15. The number of benzene rings is 1. The van der Waals surface area contributed by atoms with Crippen LogP contribution in [0.5, 0.6) is 0 Å². The zero-order chi connectivity index (χ0) is 12.8. The lowest BCUT2D eigenvalue weighted by molar-refractivity contribution is -0.109. The standard InChI is InChI=1S/C12H15BrN2O2/c1-8(12(16-2)17-3)15-10-5-4-9(7-14)11(13)6-10/h4-6,8,12,15H,1-3H3. The Morgan fingerprint density at radius 1 is 1.35 bits per heavy atom. The molecule has 1 atom stereocenters. The molecule has 1 unspecified atom stereocenters. The maximum absolute atomic E-state index is 8.82. The summed E-state index contributed by atoms with van der Waals surface area (Å²) in [6.45, 7) is 1.96. The summed E-state index contributed by atoms with van der Waals surface area (Å²) in [5, 5.41) is 12.1. The lowest BCUT2D eigenvalue weighted by atomic mass is 10.2. The molecule has 1 aromatic carbocycles. The number of nitrogens with one attached hydrogen (secondary N) is 1. The van der Waals surface area contributed by atoms with Gasteiger partial charge in [-0.25, -0.2) is 0 Å². The summed E-state index contributed by atoms with van der Waals surface area (Å²) in [5.74, 6) is 0. The molecule has 0 saturated carbocycles. The van der Waals surface area contributed by atoms with Gasteiger partial charge in [-0.15, -0.1) is 0 Å². The SMILES string of the molecule is COC(OC)C(C)Nc1ccc(C#N)c(Br)c1. The Labute approximate surface area is 110 Å². The smallest absolute Gasteiger partial charge is 0.176 e. The van der Waals surface area contributed by atoms with Crippen LogP contribution in [-0.4, -0.2) is 26.6 Å². The fraction of sp³-hybridized carbons (Fsp3) is 0.417. The van der Waals surface area contributed by atoms with E-state index in [1.165, 1.54) is 0 Å². The van der Waals surface area contributed by atoms with Crippen LogP contribution in [0, 0.1) is 11.3 Å². The average Bonchev–Trinajstić information content (AvgIpc) is 2.31. The molecule has 92 valence electrons. The number of rotatable bonds is 5. The van der Waals surface area contributed by atoms with Gasteiger partial charge in [0.1, 0.15) is 6.07 Å². The normalized spacial score (nSPS) is 12.2. The van der Waals surface area contributed by atoms with Crippen LogP contribution in [0.1, 0.15) is 12.5 Å². The fourth-order valence-electron chi connectivity index (χ4n) is 1.53. The summed E-state index contributed by atoms with van der Waals surface area (Å²) in [7, 11) is 3.20. The number of nitrogens with zero attached hydrogens (tertiary/aromatic N) is 1. The molecule has 0 bridgehead atoms. The molecule has 1 N–H and O–H groups in total. The van der Waals surface area contributed by atoms with Gasteiger partial charge in [0, 0.05) is 24.4 Å². The first kappa shape index (κ1) is 14.0. The van der Waals surface area contributed by atoms with Crippen LogP contribution in [0.3, 0.4) is 0 Å². The topological polar surface area (TPSA) is 54.3 Å². The second kappa shape index (κ2) is 6.60. The van der Waals surface area contributed by atoms with Crippen molar-refractivity contribution in [3.05, 3.63) is 28.2 Å². The molecule has 0 aliphatic carbocycles. The van der Waals surface area contributed by atoms with Crippen molar-refractivity contribution in [1.82, 2.24) is 0 Å².